The first-order valence-electron chi connectivity index (χ1n) is 8.98. The molecule has 7 nitrogen and oxygen atoms in total. The Morgan fingerprint density at radius 3 is 2.35 bits per heavy atom. The molecule has 0 bridgehead atoms. The molecule has 2 heterocycles. The lowest BCUT2D eigenvalue weighted by Gasteiger charge is -2.18. The lowest BCUT2D eigenvalue weighted by molar-refractivity contribution is -0.129. The van der Waals surface area contributed by atoms with E-state index in [-0.39, 0.29) is 11.8 Å². The van der Waals surface area contributed by atoms with Crippen molar-refractivity contribution in [1.82, 2.24) is 10.6 Å². The molecule has 0 aliphatic heterocycles. The Balaban J connectivity index is 1.78. The average molecular weight is 361 g/mol. The van der Waals surface area contributed by atoms with Crippen LogP contribution in [0.15, 0.2) is 46.0 Å². The van der Waals surface area contributed by atoms with Crippen molar-refractivity contribution < 1.29 is 18.4 Å². The molecule has 7 heteroatoms. The second-order valence-electron chi connectivity index (χ2n) is 6.21. The van der Waals surface area contributed by atoms with Crippen molar-refractivity contribution in [3.63, 3.8) is 0 Å². The highest BCUT2D eigenvalue weighted by molar-refractivity contribution is 5.87. The van der Waals surface area contributed by atoms with Gasteiger partial charge < -0.3 is 25.2 Å². The van der Waals surface area contributed by atoms with Crippen LogP contribution in [0, 0.1) is 0 Å². The minimum Gasteiger partial charge on any atom is -0.472 e. The quantitative estimate of drug-likeness (QED) is 0.499. The van der Waals surface area contributed by atoms with Crippen molar-refractivity contribution in [2.45, 2.75) is 44.6 Å². The summed E-state index contributed by atoms with van der Waals surface area (Å²) in [6.45, 7) is 1.07. The molecule has 26 heavy (non-hydrogen) atoms. The van der Waals surface area contributed by atoms with Gasteiger partial charge in [0.2, 0.25) is 11.8 Å². The molecule has 0 spiro atoms. The van der Waals surface area contributed by atoms with Crippen LogP contribution in [-0.4, -0.2) is 30.9 Å². The molecule has 142 valence electrons. The van der Waals surface area contributed by atoms with Gasteiger partial charge in [0.1, 0.15) is 6.04 Å². The molecular formula is C19H27N3O4. The third-order valence-electron chi connectivity index (χ3n) is 4.11. The normalized spacial score (nSPS) is 11.9. The van der Waals surface area contributed by atoms with Crippen LogP contribution >= 0.6 is 0 Å². The molecule has 0 radical (unpaired) electrons. The van der Waals surface area contributed by atoms with Crippen molar-refractivity contribution in [1.29, 1.82) is 0 Å². The van der Waals surface area contributed by atoms with Crippen LogP contribution in [0.4, 0.5) is 0 Å². The number of amides is 2. The molecular weight excluding hydrogens is 334 g/mol. The van der Waals surface area contributed by atoms with Gasteiger partial charge >= 0.3 is 0 Å². The molecule has 2 aromatic rings. The molecule has 0 fully saturated rings. The van der Waals surface area contributed by atoms with Gasteiger partial charge in [0.25, 0.3) is 0 Å². The zero-order valence-electron chi connectivity index (χ0n) is 14.9. The van der Waals surface area contributed by atoms with E-state index in [4.69, 9.17) is 14.6 Å². The lowest BCUT2D eigenvalue weighted by Crippen LogP contribution is -2.47. The third-order valence-corrected chi connectivity index (χ3v) is 4.11. The highest BCUT2D eigenvalue weighted by Gasteiger charge is 2.20. The summed E-state index contributed by atoms with van der Waals surface area (Å²) >= 11 is 0. The van der Waals surface area contributed by atoms with Gasteiger partial charge in [0.15, 0.2) is 0 Å². The first-order valence-corrected chi connectivity index (χ1v) is 8.98. The molecule has 1 atom stereocenters. The fourth-order valence-electron chi connectivity index (χ4n) is 2.61. The Bertz CT molecular complexity index is 638. The minimum atomic E-state index is -0.539. The molecule has 0 aliphatic rings. The van der Waals surface area contributed by atoms with Gasteiger partial charge in [0, 0.05) is 13.0 Å². The second-order valence-corrected chi connectivity index (χ2v) is 6.21. The SMILES string of the molecule is NCCCC[C@H](NC(=O)CCc1ccoc1)C(=O)NCCc1ccoc1. The van der Waals surface area contributed by atoms with Gasteiger partial charge in [-0.05, 0) is 61.9 Å². The van der Waals surface area contributed by atoms with E-state index < -0.39 is 6.04 Å². The summed E-state index contributed by atoms with van der Waals surface area (Å²) < 4.78 is 10.00. The molecule has 2 rings (SSSR count). The highest BCUT2D eigenvalue weighted by atomic mass is 16.3. The Morgan fingerprint density at radius 1 is 1.04 bits per heavy atom. The summed E-state index contributed by atoms with van der Waals surface area (Å²) in [4.78, 5) is 24.6. The zero-order chi connectivity index (χ0) is 18.6. The summed E-state index contributed by atoms with van der Waals surface area (Å²) in [7, 11) is 0. The number of nitrogens with two attached hydrogens (primary N) is 1. The fourth-order valence-corrected chi connectivity index (χ4v) is 2.61. The van der Waals surface area contributed by atoms with E-state index in [1.165, 1.54) is 0 Å². The summed E-state index contributed by atoms with van der Waals surface area (Å²) in [5.41, 5.74) is 7.51. The summed E-state index contributed by atoms with van der Waals surface area (Å²) in [5.74, 6) is -0.309. The lowest BCUT2D eigenvalue weighted by atomic mass is 10.1. The molecule has 0 saturated heterocycles. The van der Waals surface area contributed by atoms with E-state index in [0.29, 0.717) is 38.8 Å². The Labute approximate surface area is 153 Å². The molecule has 2 aromatic heterocycles. The van der Waals surface area contributed by atoms with E-state index in [2.05, 4.69) is 10.6 Å². The number of furan rings is 2. The number of nitrogens with one attached hydrogen (secondary N) is 2. The van der Waals surface area contributed by atoms with Crippen molar-refractivity contribution in [3.8, 4) is 0 Å². The van der Waals surface area contributed by atoms with Crippen molar-refractivity contribution in [3.05, 3.63) is 48.3 Å². The predicted molar refractivity (Wildman–Crippen MR) is 97.3 cm³/mol. The van der Waals surface area contributed by atoms with E-state index >= 15 is 0 Å². The van der Waals surface area contributed by atoms with Crippen LogP contribution < -0.4 is 16.4 Å². The fraction of sp³-hybridized carbons (Fsp3) is 0.474. The van der Waals surface area contributed by atoms with Crippen molar-refractivity contribution in [2.75, 3.05) is 13.1 Å². The van der Waals surface area contributed by atoms with Crippen molar-refractivity contribution in [2.24, 2.45) is 5.73 Å². The zero-order valence-corrected chi connectivity index (χ0v) is 14.9. The van der Waals surface area contributed by atoms with Crippen LogP contribution in [0.3, 0.4) is 0 Å². The topological polar surface area (TPSA) is 110 Å². The van der Waals surface area contributed by atoms with Gasteiger partial charge in [-0.15, -0.1) is 0 Å². The van der Waals surface area contributed by atoms with Gasteiger partial charge in [0.05, 0.1) is 25.1 Å². The Morgan fingerprint density at radius 2 is 1.73 bits per heavy atom. The maximum absolute atomic E-state index is 12.4. The maximum atomic E-state index is 12.4. The van der Waals surface area contributed by atoms with Crippen molar-refractivity contribution >= 4 is 11.8 Å². The number of carbonyl (C=O) groups is 2. The molecule has 0 aliphatic carbocycles. The Hall–Kier alpha value is -2.54. The van der Waals surface area contributed by atoms with E-state index in [1.807, 2.05) is 12.1 Å². The van der Waals surface area contributed by atoms with Crippen LogP contribution in [-0.2, 0) is 22.4 Å². The summed E-state index contributed by atoms with van der Waals surface area (Å²) in [6, 6.07) is 3.15. The van der Waals surface area contributed by atoms with Gasteiger partial charge in [-0.3, -0.25) is 9.59 Å². The maximum Gasteiger partial charge on any atom is 0.242 e. The van der Waals surface area contributed by atoms with Crippen LogP contribution in [0.5, 0.6) is 0 Å². The van der Waals surface area contributed by atoms with Gasteiger partial charge in [-0.25, -0.2) is 0 Å². The predicted octanol–water partition coefficient (Wildman–Crippen LogP) is 1.78. The standard InChI is InChI=1S/C19H27N3O4/c20-9-2-1-3-17(19(24)21-10-6-16-8-12-26-14-16)22-18(23)5-4-15-7-11-25-13-15/h7-8,11-14,17H,1-6,9-10,20H2,(H,21,24)(H,22,23)/t17-/m0/s1. The third kappa shape index (κ3) is 7.14. The largest absolute Gasteiger partial charge is 0.472 e. The van der Waals surface area contributed by atoms with Gasteiger partial charge in [-0.1, -0.05) is 0 Å². The van der Waals surface area contributed by atoms with Crippen LogP contribution in [0.25, 0.3) is 0 Å². The monoisotopic (exact) mass is 361 g/mol. The minimum absolute atomic E-state index is 0.145. The van der Waals surface area contributed by atoms with Crippen LogP contribution in [0.2, 0.25) is 0 Å². The molecule has 2 amide bonds. The number of hydrogen-bond acceptors (Lipinski definition) is 5. The first kappa shape index (κ1) is 19.8. The smallest absolute Gasteiger partial charge is 0.242 e. The summed E-state index contributed by atoms with van der Waals surface area (Å²) in [6.07, 6.45) is 10.2. The number of aryl methyl sites for hydroxylation is 1. The molecule has 0 saturated carbocycles. The van der Waals surface area contributed by atoms with Gasteiger partial charge in [-0.2, -0.15) is 0 Å². The van der Waals surface area contributed by atoms with Crippen LogP contribution in [0.1, 0.15) is 36.8 Å². The van der Waals surface area contributed by atoms with E-state index in [0.717, 1.165) is 24.0 Å². The number of rotatable bonds is 12. The Kier molecular flexibility index (Phi) is 8.48. The molecule has 4 N–H and O–H groups in total. The second kappa shape index (κ2) is 11.1. The molecule has 0 aromatic carbocycles. The van der Waals surface area contributed by atoms with E-state index in [9.17, 15) is 9.59 Å². The number of unbranched alkanes of at least 4 members (excludes halogenated alkanes) is 1. The first-order chi connectivity index (χ1) is 12.7. The highest BCUT2D eigenvalue weighted by Crippen LogP contribution is 2.06. The van der Waals surface area contributed by atoms with E-state index in [1.54, 1.807) is 25.1 Å². The molecule has 0 unspecified atom stereocenters. The number of hydrogen-bond donors (Lipinski definition) is 3. The number of carbonyl (C=O) groups excluding carboxylic acids is 2. The average Bonchev–Trinajstić information content (AvgIpc) is 3.33. The summed E-state index contributed by atoms with van der Waals surface area (Å²) in [5, 5.41) is 5.72.